The number of nitrogens with one attached hydrogen (secondary N) is 1. The molecule has 5 N–H and O–H groups in total. The molecule has 2 atom stereocenters. The van der Waals surface area contributed by atoms with Gasteiger partial charge in [-0.05, 0) is 41.0 Å². The zero-order valence-electron chi connectivity index (χ0n) is 17.6. The van der Waals surface area contributed by atoms with Crippen LogP contribution in [0.3, 0.4) is 0 Å². The summed E-state index contributed by atoms with van der Waals surface area (Å²) < 4.78 is 9.95. The first-order chi connectivity index (χ1) is 14.8. The summed E-state index contributed by atoms with van der Waals surface area (Å²) in [5, 5.41) is 8.46. The number of methoxy groups -OCH3 is 1. The van der Waals surface area contributed by atoms with E-state index in [9.17, 15) is 4.79 Å². The molecule has 7 nitrogen and oxygen atoms in total. The number of fused-ring (bicyclic) bond motifs is 1. The third-order valence-electron chi connectivity index (χ3n) is 5.12. The molecule has 2 unspecified atom stereocenters. The Bertz CT molecular complexity index is 1230. The zero-order chi connectivity index (χ0) is 22.5. The molecule has 0 amide bonds. The van der Waals surface area contributed by atoms with Crippen LogP contribution in [-0.2, 0) is 0 Å². The van der Waals surface area contributed by atoms with Crippen LogP contribution in [-0.4, -0.2) is 17.3 Å². The molecule has 0 radical (unpaired) electrons. The minimum atomic E-state index is -0.582. The van der Waals surface area contributed by atoms with E-state index in [2.05, 4.69) is 54.0 Å². The van der Waals surface area contributed by atoms with Crippen LogP contribution in [0, 0.1) is 6.92 Å². The number of H-pyrrole nitrogens is 1. The van der Waals surface area contributed by atoms with Crippen molar-refractivity contribution in [3.8, 4) is 5.75 Å². The van der Waals surface area contributed by atoms with Gasteiger partial charge in [0.25, 0.3) is 0 Å². The van der Waals surface area contributed by atoms with E-state index >= 15 is 0 Å². The van der Waals surface area contributed by atoms with Crippen molar-refractivity contribution < 1.29 is 9.15 Å². The van der Waals surface area contributed by atoms with E-state index in [1.807, 2.05) is 19.1 Å². The first kappa shape index (κ1) is 22.5. The van der Waals surface area contributed by atoms with E-state index in [-0.39, 0.29) is 11.8 Å². The van der Waals surface area contributed by atoms with E-state index < -0.39 is 11.8 Å². The van der Waals surface area contributed by atoms with Gasteiger partial charge in [0, 0.05) is 22.6 Å². The molecule has 31 heavy (non-hydrogen) atoms. The highest BCUT2D eigenvalue weighted by atomic mass is 32.1. The minimum absolute atomic E-state index is 0.0266. The third kappa shape index (κ3) is 5.10. The normalized spacial score (nSPS) is 12.7. The van der Waals surface area contributed by atoms with Gasteiger partial charge in [-0.3, -0.25) is 0 Å². The second kappa shape index (κ2) is 9.72. The molecule has 4 aromatic rings. The number of aryl methyl sites for hydroxylation is 1. The van der Waals surface area contributed by atoms with Crippen LogP contribution in [0.4, 0.5) is 5.69 Å². The van der Waals surface area contributed by atoms with E-state index in [0.717, 1.165) is 10.5 Å². The molecule has 1 heterocycles. The molecule has 0 spiro atoms. The van der Waals surface area contributed by atoms with Gasteiger partial charge < -0.3 is 20.6 Å². The minimum Gasteiger partial charge on any atom is -0.496 e. The molecule has 0 aliphatic heterocycles. The van der Waals surface area contributed by atoms with Crippen LogP contribution >= 0.6 is 12.6 Å². The number of hydrogen-bond acceptors (Lipinski definition) is 7. The molecule has 0 saturated heterocycles. The van der Waals surface area contributed by atoms with E-state index in [4.69, 9.17) is 20.6 Å². The van der Waals surface area contributed by atoms with Crippen molar-refractivity contribution in [1.82, 2.24) is 10.2 Å². The number of aromatic nitrogens is 2. The van der Waals surface area contributed by atoms with Gasteiger partial charge in [-0.2, -0.15) is 0 Å². The number of ether oxygens (including phenoxy) is 1. The largest absolute Gasteiger partial charge is 0.496 e. The highest BCUT2D eigenvalue weighted by molar-refractivity contribution is 7.80. The van der Waals surface area contributed by atoms with Crippen LogP contribution < -0.4 is 22.0 Å². The van der Waals surface area contributed by atoms with Crippen LogP contribution in [0.2, 0.25) is 0 Å². The van der Waals surface area contributed by atoms with Gasteiger partial charge in [-0.25, -0.2) is 9.89 Å². The van der Waals surface area contributed by atoms with Gasteiger partial charge in [-0.1, -0.05) is 43.3 Å². The number of nitrogens with two attached hydrogens (primary N) is 2. The summed E-state index contributed by atoms with van der Waals surface area (Å²) in [7, 11) is 1.59. The Kier molecular flexibility index (Phi) is 7.04. The number of aromatic amines is 1. The van der Waals surface area contributed by atoms with Crippen molar-refractivity contribution in [2.75, 3.05) is 12.8 Å². The maximum atomic E-state index is 11.1. The predicted molar refractivity (Wildman–Crippen MR) is 126 cm³/mol. The molecular formula is C23H26N4O3S. The van der Waals surface area contributed by atoms with Crippen LogP contribution in [0.15, 0.2) is 68.7 Å². The standard InChI is InChI=1S/C16H17N3O2.C7H9NOS/c1-9-5-3-6-11-7-4-8-12(13(9)11)10(2)14(17)15-18-19-16(20)21-15;1-9-6-4-5(8)2-3-7(6)10/h3-8,10,14H,17H2,1-2H3,(H,19,20);2-4,10H,8H2,1H3. The van der Waals surface area contributed by atoms with Gasteiger partial charge >= 0.3 is 5.76 Å². The fourth-order valence-electron chi connectivity index (χ4n) is 3.43. The predicted octanol–water partition coefficient (Wildman–Crippen LogP) is 4.19. The summed E-state index contributed by atoms with van der Waals surface area (Å²) in [6.45, 7) is 4.10. The average Bonchev–Trinajstić information content (AvgIpc) is 3.21. The molecular weight excluding hydrogens is 412 g/mol. The van der Waals surface area contributed by atoms with Crippen LogP contribution in [0.25, 0.3) is 10.8 Å². The Hall–Kier alpha value is -3.23. The molecule has 0 aliphatic carbocycles. The second-order valence-electron chi connectivity index (χ2n) is 7.22. The van der Waals surface area contributed by atoms with Gasteiger partial charge in [0.2, 0.25) is 5.89 Å². The lowest BCUT2D eigenvalue weighted by molar-refractivity contribution is 0.402. The zero-order valence-corrected chi connectivity index (χ0v) is 18.5. The molecule has 1 aromatic heterocycles. The van der Waals surface area contributed by atoms with Gasteiger partial charge in [0.1, 0.15) is 5.75 Å². The SMILES string of the molecule is COc1cc(N)ccc1S.Cc1cccc2cccc(C(C)C(N)c3n[nH]c(=O)o3)c12. The molecule has 0 saturated carbocycles. The number of anilines is 1. The highest BCUT2D eigenvalue weighted by Crippen LogP contribution is 2.33. The molecule has 8 heteroatoms. The maximum absolute atomic E-state index is 11.1. The van der Waals surface area contributed by atoms with Gasteiger partial charge in [0.05, 0.1) is 13.2 Å². The van der Waals surface area contributed by atoms with Crippen molar-refractivity contribution in [2.24, 2.45) is 5.73 Å². The molecule has 0 aliphatic rings. The lowest BCUT2D eigenvalue weighted by Crippen LogP contribution is -2.18. The van der Waals surface area contributed by atoms with Crippen LogP contribution in [0.1, 0.15) is 35.9 Å². The number of thiol groups is 1. The topological polar surface area (TPSA) is 120 Å². The summed E-state index contributed by atoms with van der Waals surface area (Å²) >= 11 is 4.14. The Morgan fingerprint density at radius 2 is 1.87 bits per heavy atom. The van der Waals surface area contributed by atoms with Crippen molar-refractivity contribution in [2.45, 2.75) is 30.7 Å². The van der Waals surface area contributed by atoms with Crippen molar-refractivity contribution in [3.05, 3.63) is 82.2 Å². The molecule has 4 rings (SSSR count). The summed E-state index contributed by atoms with van der Waals surface area (Å²) in [5.74, 6) is 0.337. The Morgan fingerprint density at radius 1 is 1.16 bits per heavy atom. The van der Waals surface area contributed by atoms with Crippen molar-refractivity contribution in [3.63, 3.8) is 0 Å². The summed E-state index contributed by atoms with van der Waals surface area (Å²) in [5.41, 5.74) is 14.7. The number of hydrogen-bond donors (Lipinski definition) is 4. The second-order valence-corrected chi connectivity index (χ2v) is 7.70. The lowest BCUT2D eigenvalue weighted by atomic mass is 9.88. The number of nitrogen functional groups attached to an aromatic ring is 1. The van der Waals surface area contributed by atoms with Crippen LogP contribution in [0.5, 0.6) is 5.75 Å². The number of nitrogens with zero attached hydrogens (tertiary/aromatic N) is 1. The quantitative estimate of drug-likeness (QED) is 0.280. The van der Waals surface area contributed by atoms with Gasteiger partial charge in [0.15, 0.2) is 0 Å². The average molecular weight is 439 g/mol. The molecule has 3 aromatic carbocycles. The fraction of sp³-hybridized carbons (Fsp3) is 0.217. The highest BCUT2D eigenvalue weighted by Gasteiger charge is 2.23. The fourth-order valence-corrected chi connectivity index (χ4v) is 3.66. The monoisotopic (exact) mass is 438 g/mol. The Morgan fingerprint density at radius 3 is 2.48 bits per heavy atom. The van der Waals surface area contributed by atoms with Crippen molar-refractivity contribution >= 4 is 29.1 Å². The van der Waals surface area contributed by atoms with E-state index in [0.29, 0.717) is 11.4 Å². The van der Waals surface area contributed by atoms with Crippen molar-refractivity contribution in [1.29, 1.82) is 0 Å². The smallest absolute Gasteiger partial charge is 0.434 e. The Labute approximate surface area is 185 Å². The lowest BCUT2D eigenvalue weighted by Gasteiger charge is -2.20. The van der Waals surface area contributed by atoms with E-state index in [1.165, 1.54) is 16.3 Å². The van der Waals surface area contributed by atoms with Gasteiger partial charge in [-0.15, -0.1) is 17.7 Å². The first-order valence-corrected chi connectivity index (χ1v) is 10.2. The first-order valence-electron chi connectivity index (χ1n) is 9.73. The summed E-state index contributed by atoms with van der Waals surface area (Å²) in [4.78, 5) is 11.9. The molecule has 0 bridgehead atoms. The third-order valence-corrected chi connectivity index (χ3v) is 5.49. The summed E-state index contributed by atoms with van der Waals surface area (Å²) in [6.07, 6.45) is 0. The van der Waals surface area contributed by atoms with E-state index in [1.54, 1.807) is 25.3 Å². The number of rotatable bonds is 4. The molecule has 162 valence electrons. The summed E-state index contributed by atoms with van der Waals surface area (Å²) in [6, 6.07) is 17.2. The maximum Gasteiger partial charge on any atom is 0.434 e. The Balaban J connectivity index is 0.000000229. The molecule has 0 fully saturated rings. The number of benzene rings is 3.